The number of hydrogen-bond acceptors (Lipinski definition) is 5. The van der Waals surface area contributed by atoms with Crippen molar-refractivity contribution in [2.24, 2.45) is 11.3 Å². The van der Waals surface area contributed by atoms with Gasteiger partial charge in [0.05, 0.1) is 5.75 Å². The Hall–Kier alpha value is -1.89. The molecule has 0 atom stereocenters. The van der Waals surface area contributed by atoms with Crippen molar-refractivity contribution in [3.05, 3.63) is 24.5 Å². The first kappa shape index (κ1) is 19.9. The number of H-pyrrole nitrogens is 1. The first-order valence-electron chi connectivity index (χ1n) is 9.73. The van der Waals surface area contributed by atoms with E-state index < -0.39 is 0 Å². The number of thioether (sulfide) groups is 1. The molecule has 0 unspecified atom stereocenters. The lowest BCUT2D eigenvalue weighted by molar-refractivity contribution is -0.119. The number of nitrogens with one attached hydrogen (secondary N) is 2. The van der Waals surface area contributed by atoms with E-state index in [9.17, 15) is 4.79 Å². The summed E-state index contributed by atoms with van der Waals surface area (Å²) in [5, 5.41) is 10.9. The predicted octanol–water partition coefficient (Wildman–Crippen LogP) is 4.07. The van der Waals surface area contributed by atoms with Crippen LogP contribution in [0.5, 0.6) is 0 Å². The van der Waals surface area contributed by atoms with Crippen LogP contribution in [-0.4, -0.2) is 37.9 Å². The highest BCUT2D eigenvalue weighted by Gasteiger charge is 2.32. The Morgan fingerprint density at radius 1 is 1.26 bits per heavy atom. The maximum absolute atomic E-state index is 12.3. The minimum Gasteiger partial charge on any atom is -0.353 e. The van der Waals surface area contributed by atoms with Gasteiger partial charge in [-0.25, -0.2) is 4.98 Å². The molecule has 3 rings (SSSR count). The van der Waals surface area contributed by atoms with Crippen molar-refractivity contribution in [3.8, 4) is 11.4 Å². The summed E-state index contributed by atoms with van der Waals surface area (Å²) in [6.45, 7) is 7.00. The first-order valence-corrected chi connectivity index (χ1v) is 10.7. The molecule has 1 aliphatic carbocycles. The SMILES string of the molecule is CCC(C)(C)C1CCC(NC(=O)CSc2n[nH]c(-c3ccncc3)n2)CC1. The zero-order valence-corrected chi connectivity index (χ0v) is 17.2. The van der Waals surface area contributed by atoms with Gasteiger partial charge in [0, 0.05) is 24.0 Å². The molecule has 146 valence electrons. The van der Waals surface area contributed by atoms with Crippen LogP contribution < -0.4 is 5.32 Å². The first-order chi connectivity index (χ1) is 13.0. The summed E-state index contributed by atoms with van der Waals surface area (Å²) in [5.74, 6) is 1.86. The van der Waals surface area contributed by atoms with Gasteiger partial charge >= 0.3 is 0 Å². The van der Waals surface area contributed by atoms with Crippen LogP contribution in [0.4, 0.5) is 0 Å². The molecule has 6 nitrogen and oxygen atoms in total. The molecule has 1 amide bonds. The average Bonchev–Trinajstić information content (AvgIpc) is 3.17. The lowest BCUT2D eigenvalue weighted by atomic mass is 9.69. The number of aromatic amines is 1. The molecule has 0 aliphatic heterocycles. The summed E-state index contributed by atoms with van der Waals surface area (Å²) >= 11 is 1.36. The van der Waals surface area contributed by atoms with Crippen molar-refractivity contribution in [2.45, 2.75) is 64.1 Å². The fourth-order valence-corrected chi connectivity index (χ4v) is 4.27. The number of rotatable bonds is 7. The highest BCUT2D eigenvalue weighted by Crippen LogP contribution is 2.40. The number of hydrogen-bond donors (Lipinski definition) is 2. The van der Waals surface area contributed by atoms with Crippen molar-refractivity contribution in [1.82, 2.24) is 25.5 Å². The molecule has 0 aromatic carbocycles. The summed E-state index contributed by atoms with van der Waals surface area (Å²) in [6, 6.07) is 4.05. The number of nitrogens with zero attached hydrogens (tertiary/aromatic N) is 3. The molecule has 7 heteroatoms. The normalized spacial score (nSPS) is 20.4. The number of carbonyl (C=O) groups excluding carboxylic acids is 1. The zero-order valence-electron chi connectivity index (χ0n) is 16.4. The van der Waals surface area contributed by atoms with Gasteiger partial charge in [0.15, 0.2) is 5.82 Å². The highest BCUT2D eigenvalue weighted by molar-refractivity contribution is 7.99. The lowest BCUT2D eigenvalue weighted by Crippen LogP contribution is -2.40. The largest absolute Gasteiger partial charge is 0.353 e. The molecule has 2 heterocycles. The number of carbonyl (C=O) groups is 1. The van der Waals surface area contributed by atoms with Gasteiger partial charge in [-0.05, 0) is 49.1 Å². The van der Waals surface area contributed by atoms with Crippen molar-refractivity contribution < 1.29 is 4.79 Å². The Kier molecular flexibility index (Phi) is 6.52. The second-order valence-electron chi connectivity index (χ2n) is 7.95. The van der Waals surface area contributed by atoms with Crippen molar-refractivity contribution >= 4 is 17.7 Å². The second kappa shape index (κ2) is 8.87. The fourth-order valence-electron chi connectivity index (χ4n) is 3.66. The molecule has 0 bridgehead atoms. The van der Waals surface area contributed by atoms with E-state index >= 15 is 0 Å². The molecule has 0 spiro atoms. The van der Waals surface area contributed by atoms with Gasteiger partial charge in [-0.2, -0.15) is 0 Å². The monoisotopic (exact) mass is 387 g/mol. The van der Waals surface area contributed by atoms with E-state index in [1.165, 1.54) is 31.0 Å². The van der Waals surface area contributed by atoms with E-state index in [2.05, 4.69) is 46.3 Å². The van der Waals surface area contributed by atoms with E-state index in [4.69, 9.17) is 0 Å². The van der Waals surface area contributed by atoms with Crippen LogP contribution in [-0.2, 0) is 4.79 Å². The summed E-state index contributed by atoms with van der Waals surface area (Å²) in [6.07, 6.45) is 9.21. The molecule has 0 radical (unpaired) electrons. The van der Waals surface area contributed by atoms with Gasteiger partial charge in [-0.3, -0.25) is 14.9 Å². The third kappa shape index (κ3) is 5.31. The van der Waals surface area contributed by atoms with Crippen molar-refractivity contribution in [1.29, 1.82) is 0 Å². The molecule has 0 saturated heterocycles. The fraction of sp³-hybridized carbons (Fsp3) is 0.600. The van der Waals surface area contributed by atoms with E-state index in [1.54, 1.807) is 12.4 Å². The molecule has 1 fully saturated rings. The smallest absolute Gasteiger partial charge is 0.230 e. The molecular weight excluding hydrogens is 358 g/mol. The van der Waals surface area contributed by atoms with E-state index in [0.717, 1.165) is 24.3 Å². The van der Waals surface area contributed by atoms with Gasteiger partial charge in [-0.1, -0.05) is 39.0 Å². The van der Waals surface area contributed by atoms with Crippen molar-refractivity contribution in [2.75, 3.05) is 5.75 Å². The quantitative estimate of drug-likeness (QED) is 0.700. The van der Waals surface area contributed by atoms with E-state index in [-0.39, 0.29) is 5.91 Å². The summed E-state index contributed by atoms with van der Waals surface area (Å²) in [5.41, 5.74) is 1.34. The average molecular weight is 388 g/mol. The molecular formula is C20H29N5OS. The minimum absolute atomic E-state index is 0.0634. The Balaban J connectivity index is 1.43. The number of pyridine rings is 1. The maximum atomic E-state index is 12.3. The van der Waals surface area contributed by atoms with Crippen LogP contribution in [0.15, 0.2) is 29.7 Å². The number of aromatic nitrogens is 4. The lowest BCUT2D eigenvalue weighted by Gasteiger charge is -2.39. The van der Waals surface area contributed by atoms with Gasteiger partial charge in [0.1, 0.15) is 0 Å². The summed E-state index contributed by atoms with van der Waals surface area (Å²) < 4.78 is 0. The number of amides is 1. The van der Waals surface area contributed by atoms with Gasteiger partial charge < -0.3 is 5.32 Å². The standard InChI is InChI=1S/C20H29N5OS/c1-4-20(2,3)15-5-7-16(8-6-15)22-17(26)13-27-19-23-18(24-25-19)14-9-11-21-12-10-14/h9-12,15-16H,4-8,13H2,1-3H3,(H,22,26)(H,23,24,25). The third-order valence-electron chi connectivity index (χ3n) is 5.86. The molecule has 2 aromatic rings. The Morgan fingerprint density at radius 3 is 2.63 bits per heavy atom. The molecule has 2 N–H and O–H groups in total. The third-order valence-corrected chi connectivity index (χ3v) is 6.71. The van der Waals surface area contributed by atoms with Crippen LogP contribution in [0.25, 0.3) is 11.4 Å². The summed E-state index contributed by atoms with van der Waals surface area (Å²) in [4.78, 5) is 20.7. The van der Waals surface area contributed by atoms with Crippen LogP contribution >= 0.6 is 11.8 Å². The Bertz CT molecular complexity index is 738. The molecule has 1 saturated carbocycles. The van der Waals surface area contributed by atoms with Gasteiger partial charge in [0.2, 0.25) is 11.1 Å². The van der Waals surface area contributed by atoms with Crippen LogP contribution in [0, 0.1) is 11.3 Å². The van der Waals surface area contributed by atoms with Crippen molar-refractivity contribution in [3.63, 3.8) is 0 Å². The van der Waals surface area contributed by atoms with Crippen LogP contribution in [0.3, 0.4) is 0 Å². The topological polar surface area (TPSA) is 83.6 Å². The van der Waals surface area contributed by atoms with Crippen LogP contribution in [0.1, 0.15) is 52.9 Å². The zero-order chi connectivity index (χ0) is 19.3. The molecule has 2 aromatic heterocycles. The Morgan fingerprint density at radius 2 is 1.96 bits per heavy atom. The van der Waals surface area contributed by atoms with Gasteiger partial charge in [0.25, 0.3) is 0 Å². The minimum atomic E-state index is 0.0634. The summed E-state index contributed by atoms with van der Waals surface area (Å²) in [7, 11) is 0. The maximum Gasteiger partial charge on any atom is 0.230 e. The second-order valence-corrected chi connectivity index (χ2v) is 8.89. The predicted molar refractivity (Wildman–Crippen MR) is 108 cm³/mol. The van der Waals surface area contributed by atoms with Crippen LogP contribution in [0.2, 0.25) is 0 Å². The molecule has 1 aliphatic rings. The Labute approximate surface area is 165 Å². The molecule has 27 heavy (non-hydrogen) atoms. The van der Waals surface area contributed by atoms with E-state index in [1.807, 2.05) is 12.1 Å². The van der Waals surface area contributed by atoms with Gasteiger partial charge in [-0.15, -0.1) is 5.10 Å². The van der Waals surface area contributed by atoms with E-state index in [0.29, 0.717) is 28.2 Å². The highest BCUT2D eigenvalue weighted by atomic mass is 32.2.